The third-order valence-corrected chi connectivity index (χ3v) is 20.0. The molecule has 116 heavy (non-hydrogen) atoms. The SMILES string of the molecule is C1=CC2=CC=C3CC=CC4=C3C2C(=C1)C=C4.c1ccc2[nH]ccc2c1.c1ccc2cc3ccccc3cc2c1.c1ccc2ccccc2c1.c1ccc2cnccc2c1.c1ccc2nc3ccccc3cc2c1.c1ccc2nc3ccccc3nc2c1.c1ccc2ncccc2c1.c1ccc2nccnc2c1.c1ccc2occc2c1. The van der Waals surface area contributed by atoms with Crippen LogP contribution >= 0.6 is 0 Å². The number of hydrogen-bond acceptors (Lipinski definition) is 8. The second-order valence-electron chi connectivity index (χ2n) is 27.6. The van der Waals surface area contributed by atoms with E-state index in [1.165, 1.54) is 98.0 Å². The van der Waals surface area contributed by atoms with E-state index in [0.29, 0.717) is 5.92 Å². The molecule has 21 aromatic rings. The fraction of sp³-hybridized carbons (Fsp3) is 0.0187. The molecular formula is C107H80N8O. The van der Waals surface area contributed by atoms with Crippen LogP contribution in [0.5, 0.6) is 0 Å². The van der Waals surface area contributed by atoms with Gasteiger partial charge in [0.2, 0.25) is 0 Å². The van der Waals surface area contributed by atoms with Gasteiger partial charge in [-0.05, 0) is 192 Å². The summed E-state index contributed by atoms with van der Waals surface area (Å²) < 4.78 is 5.12. The van der Waals surface area contributed by atoms with E-state index >= 15 is 0 Å². The lowest BCUT2D eigenvalue weighted by atomic mass is 9.69. The number of hydrogen-bond donors (Lipinski definition) is 1. The van der Waals surface area contributed by atoms with Gasteiger partial charge in [-0.2, -0.15) is 0 Å². The Hall–Kier alpha value is -15.5. The van der Waals surface area contributed by atoms with Gasteiger partial charge in [-0.3, -0.25) is 19.9 Å². The first-order chi connectivity index (χ1) is 57.5. The predicted octanol–water partition coefficient (Wildman–Crippen LogP) is 27.5. The van der Waals surface area contributed by atoms with Crippen molar-refractivity contribution in [2.45, 2.75) is 6.42 Å². The molecule has 0 bridgehead atoms. The number of furan rings is 1. The van der Waals surface area contributed by atoms with Crippen molar-refractivity contribution in [3.63, 3.8) is 0 Å². The zero-order valence-corrected chi connectivity index (χ0v) is 63.7. The maximum Gasteiger partial charge on any atom is 0.133 e. The van der Waals surface area contributed by atoms with Gasteiger partial charge < -0.3 is 9.40 Å². The summed E-state index contributed by atoms with van der Waals surface area (Å²) in [6, 6.07) is 123. The van der Waals surface area contributed by atoms with Gasteiger partial charge in [0.25, 0.3) is 0 Å². The lowest BCUT2D eigenvalue weighted by Crippen LogP contribution is -2.20. The van der Waals surface area contributed by atoms with Crippen LogP contribution in [0.25, 0.3) is 131 Å². The molecule has 4 aliphatic rings. The van der Waals surface area contributed by atoms with Crippen LogP contribution in [0.4, 0.5) is 0 Å². The van der Waals surface area contributed by atoms with Crippen molar-refractivity contribution >= 4 is 131 Å². The Morgan fingerprint density at radius 3 is 1.25 bits per heavy atom. The Balaban J connectivity index is 0.0000000973. The average molecular weight is 1490 g/mol. The quantitative estimate of drug-likeness (QED) is 0.149. The fourth-order valence-electron chi connectivity index (χ4n) is 14.2. The molecule has 9 nitrogen and oxygen atoms in total. The molecule has 0 fully saturated rings. The van der Waals surface area contributed by atoms with Gasteiger partial charge in [0, 0.05) is 70.2 Å². The summed E-state index contributed by atoms with van der Waals surface area (Å²) in [4.78, 5) is 33.2. The minimum absolute atomic E-state index is 0.509. The first-order valence-corrected chi connectivity index (χ1v) is 38.8. The molecule has 0 radical (unpaired) electrons. The molecule has 0 amide bonds. The van der Waals surface area contributed by atoms with Crippen LogP contribution in [0.3, 0.4) is 0 Å². The van der Waals surface area contributed by atoms with Crippen LogP contribution in [0.15, 0.2) is 494 Å². The summed E-state index contributed by atoms with van der Waals surface area (Å²) >= 11 is 0. The second kappa shape index (κ2) is 37.5. The normalized spacial score (nSPS) is 12.9. The standard InChI is InChI=1S/C16H12.C14H10.C13H9N.C12H8N2.C10H8.2C9H7N.C8H6N2.C8H7N.C8H6O/c1-3-11-7-9-13-5-2-6-14-10-8-12(4-1)15(11)16(13)14;1-2-6-12-10-14-8-4-3-7-13(14)9-11(12)5-1;1-3-7-12-10(5-1)9-11-6-2-4-8-13(11)14-12;1-2-6-10-9(5-1)13-11-7-3-4-8-12(11)14-10;1-2-6-10-8-4-3-7-9(10)5-1;1-2-6-9-8(4-1)5-3-7-10-9;1-2-4-9-7-10-6-5-8(9)3-1;1-2-4-8-7(3-1)9-5-6-10-8;2*1-2-4-8-7(3-1)5-6-9-8/h1-5,7-10,15H,6H2;1-10H;1-9H;1-8H;1-8H;2*1-7H;1-6H;1-6,9H;1-6H. The monoisotopic (exact) mass is 1490 g/mol. The van der Waals surface area contributed by atoms with Crippen molar-refractivity contribution < 1.29 is 4.42 Å². The number of fused-ring (bicyclic) bond motifs is 12. The highest BCUT2D eigenvalue weighted by atomic mass is 16.3. The molecule has 1 N–H and O–H groups in total. The highest BCUT2D eigenvalue weighted by Crippen LogP contribution is 2.46. The first-order valence-electron chi connectivity index (χ1n) is 38.8. The predicted molar refractivity (Wildman–Crippen MR) is 486 cm³/mol. The van der Waals surface area contributed by atoms with Gasteiger partial charge in [0.05, 0.1) is 55.9 Å². The number of aromatic nitrogens is 8. The number of para-hydroxylation sites is 11. The maximum atomic E-state index is 5.12. The molecule has 0 spiro atoms. The van der Waals surface area contributed by atoms with Gasteiger partial charge >= 0.3 is 0 Å². The van der Waals surface area contributed by atoms with Gasteiger partial charge in [0.1, 0.15) is 5.58 Å². The minimum atomic E-state index is 0.509. The van der Waals surface area contributed by atoms with Crippen molar-refractivity contribution in [2.75, 3.05) is 0 Å². The van der Waals surface area contributed by atoms with E-state index in [1.807, 2.05) is 219 Å². The molecule has 0 saturated heterocycles. The van der Waals surface area contributed by atoms with Gasteiger partial charge in [-0.25, -0.2) is 15.0 Å². The van der Waals surface area contributed by atoms with E-state index < -0.39 is 0 Å². The summed E-state index contributed by atoms with van der Waals surface area (Å²) in [7, 11) is 0. The average Bonchev–Trinajstić information content (AvgIpc) is 0.830. The Morgan fingerprint density at radius 2 is 0.707 bits per heavy atom. The number of aromatic amines is 1. The van der Waals surface area contributed by atoms with E-state index in [0.717, 1.165) is 67.0 Å². The zero-order chi connectivity index (χ0) is 78.1. The molecule has 554 valence electrons. The highest BCUT2D eigenvalue weighted by molar-refractivity contribution is 5.98. The number of allylic oxidation sites excluding steroid dienone is 14. The molecule has 14 aromatic carbocycles. The number of H-pyrrole nitrogens is 1. The van der Waals surface area contributed by atoms with Crippen molar-refractivity contribution in [1.29, 1.82) is 0 Å². The van der Waals surface area contributed by atoms with Crippen molar-refractivity contribution in [3.8, 4) is 0 Å². The minimum Gasteiger partial charge on any atom is -0.464 e. The van der Waals surface area contributed by atoms with Crippen molar-refractivity contribution in [3.05, 3.63) is 490 Å². The number of pyridine rings is 3. The Bertz CT molecular complexity index is 5930. The lowest BCUT2D eigenvalue weighted by molar-refractivity contribution is 0.616. The smallest absolute Gasteiger partial charge is 0.133 e. The van der Waals surface area contributed by atoms with E-state index in [4.69, 9.17) is 4.42 Å². The van der Waals surface area contributed by atoms with Crippen LogP contribution in [0, 0.1) is 5.92 Å². The number of nitrogens with one attached hydrogen (secondary N) is 1. The van der Waals surface area contributed by atoms with Gasteiger partial charge in [0.15, 0.2) is 0 Å². The Kier molecular flexibility index (Phi) is 24.1. The Labute approximate surface area is 673 Å². The second-order valence-corrected chi connectivity index (χ2v) is 27.6. The molecular weight excluding hydrogens is 1410 g/mol. The summed E-state index contributed by atoms with van der Waals surface area (Å²) in [6.45, 7) is 0. The van der Waals surface area contributed by atoms with Crippen LogP contribution in [0.1, 0.15) is 6.42 Å². The third-order valence-electron chi connectivity index (χ3n) is 20.0. The number of rotatable bonds is 0. The molecule has 7 aromatic heterocycles. The molecule has 1 unspecified atom stereocenters. The van der Waals surface area contributed by atoms with Crippen molar-refractivity contribution in [2.24, 2.45) is 5.92 Å². The fourth-order valence-corrected chi connectivity index (χ4v) is 14.2. The van der Waals surface area contributed by atoms with E-state index in [2.05, 4.69) is 264 Å². The molecule has 7 heterocycles. The topological polar surface area (TPSA) is 119 Å². The Morgan fingerprint density at radius 1 is 0.284 bits per heavy atom. The van der Waals surface area contributed by atoms with Gasteiger partial charge in [-0.1, -0.05) is 309 Å². The summed E-state index contributed by atoms with van der Waals surface area (Å²) in [6.07, 6.45) is 33.9. The van der Waals surface area contributed by atoms with Crippen LogP contribution in [-0.2, 0) is 0 Å². The maximum absolute atomic E-state index is 5.12. The van der Waals surface area contributed by atoms with E-state index in [9.17, 15) is 0 Å². The molecule has 4 aliphatic carbocycles. The number of nitrogens with zero attached hydrogens (tertiary/aromatic N) is 7. The lowest BCUT2D eigenvalue weighted by Gasteiger charge is -2.34. The largest absolute Gasteiger partial charge is 0.464 e. The highest BCUT2D eigenvalue weighted by Gasteiger charge is 2.31. The van der Waals surface area contributed by atoms with Crippen LogP contribution in [-0.4, -0.2) is 39.9 Å². The summed E-state index contributed by atoms with van der Waals surface area (Å²) in [5.74, 6) is 0.509. The van der Waals surface area contributed by atoms with Crippen molar-refractivity contribution in [1.82, 2.24) is 39.9 Å². The van der Waals surface area contributed by atoms with E-state index in [1.54, 1.807) is 18.7 Å². The molecule has 25 rings (SSSR count). The first kappa shape index (κ1) is 74.6. The van der Waals surface area contributed by atoms with E-state index in [-0.39, 0.29) is 0 Å². The molecule has 0 aliphatic heterocycles. The van der Waals surface area contributed by atoms with Crippen LogP contribution in [0.2, 0.25) is 0 Å². The molecule has 9 heteroatoms. The summed E-state index contributed by atoms with van der Waals surface area (Å²) in [5, 5.41) is 16.4. The molecule has 0 saturated carbocycles. The zero-order valence-electron chi connectivity index (χ0n) is 63.7. The summed E-state index contributed by atoms with van der Waals surface area (Å²) in [5.41, 5.74) is 18.4. The third kappa shape index (κ3) is 18.9. The molecule has 1 atom stereocenters. The van der Waals surface area contributed by atoms with Gasteiger partial charge in [-0.15, -0.1) is 0 Å². The van der Waals surface area contributed by atoms with Crippen LogP contribution < -0.4 is 0 Å². The number of benzene rings is 14.